The zero-order chi connectivity index (χ0) is 6.41. The zero-order valence-electron chi connectivity index (χ0n) is 4.81. The van der Waals surface area contributed by atoms with Crippen LogP contribution < -0.4 is 0 Å². The predicted molar refractivity (Wildman–Crippen MR) is 29.8 cm³/mol. The maximum absolute atomic E-state index is 9.76. The van der Waals surface area contributed by atoms with Gasteiger partial charge >= 0.3 is 0 Å². The molecule has 44 valence electrons. The Morgan fingerprint density at radius 2 is 2.12 bits per heavy atom. The molecule has 0 aromatic carbocycles. The van der Waals surface area contributed by atoms with Crippen molar-refractivity contribution in [2.75, 3.05) is 0 Å². The van der Waals surface area contributed by atoms with Crippen LogP contribution in [-0.4, -0.2) is 12.6 Å². The Balaban J connectivity index is 3.09. The van der Waals surface area contributed by atoms with Gasteiger partial charge in [-0.1, -0.05) is 6.92 Å². The molecule has 0 heterocycles. The molecule has 1 atom stereocenters. The monoisotopic (exact) mass is 112 g/mol. The average molecular weight is 112 g/mol. The largest absolute Gasteiger partial charge is 0.291 e. The van der Waals surface area contributed by atoms with E-state index < -0.39 is 0 Å². The van der Waals surface area contributed by atoms with E-state index in [1.807, 2.05) is 0 Å². The molecule has 0 aliphatic rings. The number of carbonyl (C=O) groups excluding carboxylic acids is 2. The first-order chi connectivity index (χ1) is 3.81. The average Bonchev–Trinajstić information content (AvgIpc) is 1.83. The normalized spacial score (nSPS) is 12.6. The molecular weight excluding hydrogens is 104 g/mol. The second-order valence-electron chi connectivity index (χ2n) is 1.70. The molecule has 0 N–H and O–H groups in total. The maximum Gasteiger partial charge on any atom is 0.201 e. The van der Waals surface area contributed by atoms with Crippen molar-refractivity contribution in [1.29, 1.82) is 0 Å². The fourth-order valence-corrected chi connectivity index (χ4v) is 0.334. The summed E-state index contributed by atoms with van der Waals surface area (Å²) in [6.07, 6.45) is 4.39. The summed E-state index contributed by atoms with van der Waals surface area (Å²) < 4.78 is 0. The summed E-state index contributed by atoms with van der Waals surface area (Å²) in [5.41, 5.74) is 0. The molecule has 0 fully saturated rings. The second kappa shape index (κ2) is 4.50. The van der Waals surface area contributed by atoms with Gasteiger partial charge in [0.2, 0.25) is 6.29 Å². The van der Waals surface area contributed by atoms with E-state index in [0.29, 0.717) is 12.8 Å². The van der Waals surface area contributed by atoms with Crippen molar-refractivity contribution < 1.29 is 9.59 Å². The number of hydrogen-bond acceptors (Lipinski definition) is 2. The summed E-state index contributed by atoms with van der Waals surface area (Å²) in [6, 6.07) is 0. The summed E-state index contributed by atoms with van der Waals surface area (Å²) in [7, 11) is 0. The standard InChI is InChI=1S/C6H8O2/c1-6(5-8)3-2-4-7/h6H,2-3H2,1H3. The van der Waals surface area contributed by atoms with Crippen LogP contribution in [0.5, 0.6) is 0 Å². The molecule has 0 saturated carbocycles. The van der Waals surface area contributed by atoms with Crippen LogP contribution in [0.2, 0.25) is 0 Å². The highest BCUT2D eigenvalue weighted by Gasteiger charge is 1.97. The molecule has 0 bridgehead atoms. The molecule has 0 aliphatic carbocycles. The van der Waals surface area contributed by atoms with E-state index >= 15 is 0 Å². The van der Waals surface area contributed by atoms with Gasteiger partial charge in [0, 0.05) is 12.3 Å². The Kier molecular flexibility index (Phi) is 4.13. The smallest absolute Gasteiger partial charge is 0.201 e. The Morgan fingerprint density at radius 1 is 1.50 bits per heavy atom. The molecule has 0 aromatic heterocycles. The third-order valence-corrected chi connectivity index (χ3v) is 0.881. The molecule has 2 radical (unpaired) electrons. The summed E-state index contributed by atoms with van der Waals surface area (Å²) in [5, 5.41) is 0. The summed E-state index contributed by atoms with van der Waals surface area (Å²) in [6.45, 7) is 1.73. The topological polar surface area (TPSA) is 34.1 Å². The van der Waals surface area contributed by atoms with Gasteiger partial charge in [-0.05, 0) is 6.42 Å². The van der Waals surface area contributed by atoms with Crippen LogP contribution in [0.1, 0.15) is 19.8 Å². The Hall–Kier alpha value is -0.660. The fourth-order valence-electron chi connectivity index (χ4n) is 0.334. The van der Waals surface area contributed by atoms with Crippen molar-refractivity contribution in [2.24, 2.45) is 5.92 Å². The molecule has 2 heteroatoms. The zero-order valence-corrected chi connectivity index (χ0v) is 4.81. The van der Waals surface area contributed by atoms with E-state index in [0.717, 1.165) is 0 Å². The highest BCUT2D eigenvalue weighted by molar-refractivity contribution is 5.56. The van der Waals surface area contributed by atoms with Gasteiger partial charge in [0.05, 0.1) is 0 Å². The van der Waals surface area contributed by atoms with Gasteiger partial charge in [-0.3, -0.25) is 9.59 Å². The fraction of sp³-hybridized carbons (Fsp3) is 0.667. The second-order valence-corrected chi connectivity index (χ2v) is 1.70. The van der Waals surface area contributed by atoms with E-state index in [1.165, 1.54) is 0 Å². The molecule has 0 aliphatic heterocycles. The Labute approximate surface area is 48.9 Å². The third kappa shape index (κ3) is 3.53. The molecule has 8 heavy (non-hydrogen) atoms. The van der Waals surface area contributed by atoms with E-state index in [1.54, 1.807) is 19.5 Å². The van der Waals surface area contributed by atoms with Gasteiger partial charge in [-0.2, -0.15) is 0 Å². The first-order valence-electron chi connectivity index (χ1n) is 2.54. The van der Waals surface area contributed by atoms with Crippen LogP contribution in [0.4, 0.5) is 0 Å². The lowest BCUT2D eigenvalue weighted by Gasteiger charge is -1.92. The van der Waals surface area contributed by atoms with Crippen LogP contribution in [0.25, 0.3) is 0 Å². The maximum atomic E-state index is 9.76. The van der Waals surface area contributed by atoms with Crippen molar-refractivity contribution >= 4 is 12.6 Å². The molecule has 0 saturated heterocycles. The molecule has 0 amide bonds. The van der Waals surface area contributed by atoms with Crippen LogP contribution in [0.3, 0.4) is 0 Å². The van der Waals surface area contributed by atoms with Gasteiger partial charge in [-0.15, -0.1) is 0 Å². The van der Waals surface area contributed by atoms with E-state index in [4.69, 9.17) is 0 Å². The Morgan fingerprint density at radius 3 is 2.50 bits per heavy atom. The van der Waals surface area contributed by atoms with Crippen LogP contribution in [-0.2, 0) is 9.59 Å². The summed E-state index contributed by atoms with van der Waals surface area (Å²) >= 11 is 0. The van der Waals surface area contributed by atoms with Crippen molar-refractivity contribution in [3.8, 4) is 0 Å². The van der Waals surface area contributed by atoms with E-state index in [-0.39, 0.29) is 5.92 Å². The minimum atomic E-state index is -0.114. The van der Waals surface area contributed by atoms with Gasteiger partial charge in [0.1, 0.15) is 0 Å². The van der Waals surface area contributed by atoms with E-state index in [2.05, 4.69) is 0 Å². The molecular formula is C6H8O2. The third-order valence-electron chi connectivity index (χ3n) is 0.881. The number of hydrogen-bond donors (Lipinski definition) is 0. The Bertz CT molecular complexity index is 78.6. The van der Waals surface area contributed by atoms with Crippen molar-refractivity contribution in [3.05, 3.63) is 0 Å². The van der Waals surface area contributed by atoms with Gasteiger partial charge in [-0.25, -0.2) is 0 Å². The molecule has 0 aromatic rings. The molecule has 0 spiro atoms. The first kappa shape index (κ1) is 7.34. The highest BCUT2D eigenvalue weighted by Crippen LogP contribution is 1.98. The van der Waals surface area contributed by atoms with Gasteiger partial charge in [0.15, 0.2) is 6.29 Å². The van der Waals surface area contributed by atoms with Crippen LogP contribution in [0, 0.1) is 5.92 Å². The van der Waals surface area contributed by atoms with Crippen molar-refractivity contribution in [3.63, 3.8) is 0 Å². The highest BCUT2D eigenvalue weighted by atomic mass is 16.1. The van der Waals surface area contributed by atoms with Gasteiger partial charge in [0.25, 0.3) is 0 Å². The summed E-state index contributed by atoms with van der Waals surface area (Å²) in [4.78, 5) is 19.3. The van der Waals surface area contributed by atoms with Crippen LogP contribution >= 0.6 is 0 Å². The van der Waals surface area contributed by atoms with E-state index in [9.17, 15) is 9.59 Å². The minimum absolute atomic E-state index is 0.114. The first-order valence-corrected chi connectivity index (χ1v) is 2.54. The minimum Gasteiger partial charge on any atom is -0.291 e. The van der Waals surface area contributed by atoms with Crippen molar-refractivity contribution in [1.82, 2.24) is 0 Å². The van der Waals surface area contributed by atoms with Crippen molar-refractivity contribution in [2.45, 2.75) is 19.8 Å². The van der Waals surface area contributed by atoms with Crippen LogP contribution in [0.15, 0.2) is 0 Å². The molecule has 2 nitrogen and oxygen atoms in total. The SMILES string of the molecule is CC([C]=O)CC[C]=O. The lowest BCUT2D eigenvalue weighted by molar-refractivity contribution is 0.514. The predicted octanol–water partition coefficient (Wildman–Crippen LogP) is 0.622. The number of rotatable bonds is 4. The lowest BCUT2D eigenvalue weighted by atomic mass is 10.1. The molecule has 0 rings (SSSR count). The molecule has 1 unspecified atom stereocenters. The van der Waals surface area contributed by atoms with Gasteiger partial charge < -0.3 is 0 Å². The lowest BCUT2D eigenvalue weighted by Crippen LogP contribution is -1.94. The quantitative estimate of drug-likeness (QED) is 0.534. The summed E-state index contributed by atoms with van der Waals surface area (Å²) in [5.74, 6) is -0.114.